The summed E-state index contributed by atoms with van der Waals surface area (Å²) in [4.78, 5) is 88.0. The second-order valence-corrected chi connectivity index (χ2v) is 19.9. The zero-order valence-electron chi connectivity index (χ0n) is 33.9. The SMILES string of the molecule is CCCC/C=C/CCCCCC(=O)SCCNC(=O)CCNC(=O)C(O)C(C)(C)COP(=O)(O)OP(=O)(O)OCC1OC(n2cnc3c(N)ncnc32)C(O)C1OP(=O)(O)O. The molecule has 1 saturated heterocycles. The lowest BCUT2D eigenvalue weighted by Gasteiger charge is -2.30. The van der Waals surface area contributed by atoms with Gasteiger partial charge in [-0.3, -0.25) is 32.5 Å². The van der Waals surface area contributed by atoms with Crippen LogP contribution in [0.4, 0.5) is 5.82 Å². The number of unbranched alkanes of at least 4 members (excludes halogenated alkanes) is 5. The maximum absolute atomic E-state index is 12.7. The number of rotatable bonds is 28. The van der Waals surface area contributed by atoms with Crippen molar-refractivity contribution in [1.29, 1.82) is 0 Å². The van der Waals surface area contributed by atoms with Gasteiger partial charge in [-0.2, -0.15) is 4.31 Å². The highest BCUT2D eigenvalue weighted by Gasteiger charge is 2.50. The fourth-order valence-corrected chi connectivity index (χ4v) is 9.18. The van der Waals surface area contributed by atoms with Crippen molar-refractivity contribution in [2.75, 3.05) is 37.8 Å². The Balaban J connectivity index is 1.39. The molecule has 24 nitrogen and oxygen atoms in total. The van der Waals surface area contributed by atoms with E-state index < -0.39 is 84.6 Å². The Morgan fingerprint density at radius 1 is 0.984 bits per heavy atom. The number of nitrogen functional groups attached to an aromatic ring is 1. The van der Waals surface area contributed by atoms with Crippen LogP contribution < -0.4 is 16.4 Å². The first-order chi connectivity index (χ1) is 28.6. The number of nitrogens with two attached hydrogens (primary N) is 1. The van der Waals surface area contributed by atoms with Crippen LogP contribution in [0.5, 0.6) is 0 Å². The number of amides is 2. The summed E-state index contributed by atoms with van der Waals surface area (Å²) in [6.45, 7) is 2.71. The summed E-state index contributed by atoms with van der Waals surface area (Å²) in [7, 11) is -16.4. The molecular weight excluding hydrogens is 891 g/mol. The van der Waals surface area contributed by atoms with Gasteiger partial charge in [0.2, 0.25) is 11.8 Å². The lowest BCUT2D eigenvalue weighted by atomic mass is 9.87. The molecule has 1 fully saturated rings. The van der Waals surface area contributed by atoms with E-state index in [1.807, 2.05) is 0 Å². The van der Waals surface area contributed by atoms with Crippen LogP contribution in [0, 0.1) is 5.41 Å². The monoisotopic (exact) mass is 947 g/mol. The van der Waals surface area contributed by atoms with Gasteiger partial charge in [0.05, 0.1) is 19.5 Å². The number of imidazole rings is 1. The topological polar surface area (TPSA) is 364 Å². The fourth-order valence-electron chi connectivity index (χ4n) is 5.63. The molecule has 3 rings (SSSR count). The molecule has 1 aliphatic heterocycles. The summed E-state index contributed by atoms with van der Waals surface area (Å²) < 4.78 is 62.3. The van der Waals surface area contributed by atoms with Gasteiger partial charge in [-0.1, -0.05) is 63.9 Å². The molecule has 2 aromatic heterocycles. The molecule has 0 radical (unpaired) electrons. The van der Waals surface area contributed by atoms with Crippen LogP contribution in [0.2, 0.25) is 0 Å². The molecule has 3 heterocycles. The number of nitrogens with one attached hydrogen (secondary N) is 2. The number of aromatic nitrogens is 4. The van der Waals surface area contributed by atoms with Gasteiger partial charge >= 0.3 is 23.5 Å². The summed E-state index contributed by atoms with van der Waals surface area (Å²) in [6, 6.07) is 0. The van der Waals surface area contributed by atoms with Gasteiger partial charge in [0.15, 0.2) is 22.8 Å². The van der Waals surface area contributed by atoms with Crippen LogP contribution >= 0.6 is 35.2 Å². The Labute approximate surface area is 356 Å². The number of hydrogen-bond acceptors (Lipinski definition) is 18. The molecule has 7 unspecified atom stereocenters. The Kier molecular flexibility index (Phi) is 21.0. The Morgan fingerprint density at radius 2 is 1.67 bits per heavy atom. The standard InChI is InChI=1S/C33H56N7O17P3S/c1-4-5-6-7-8-9-10-11-12-13-24(42)61-17-16-35-23(41)14-15-36-31(45)28(44)33(2,3)19-54-60(51,52)57-59(49,50)53-18-22-27(56-58(46,47)48)26(43)32(55-22)40-21-39-25-29(34)37-20-38-30(25)40/h7-8,20-22,26-28,32,43-44H,4-6,9-19H2,1-3H3,(H,35,41)(H,36,45)(H,49,50)(H,51,52)(H2,34,37,38)(H2,46,47,48)/b8-7+. The second-order valence-electron chi connectivity index (χ2n) is 14.5. The number of aliphatic hydroxyl groups excluding tert-OH is 2. The van der Waals surface area contributed by atoms with Crippen molar-refractivity contribution in [1.82, 2.24) is 30.2 Å². The minimum atomic E-state index is -5.57. The molecule has 2 aromatic rings. The van der Waals surface area contributed by atoms with E-state index in [1.54, 1.807) is 0 Å². The zero-order valence-corrected chi connectivity index (χ0v) is 37.4. The molecule has 0 aromatic carbocycles. The minimum absolute atomic E-state index is 0.0321. The maximum atomic E-state index is 12.7. The molecule has 2 amide bonds. The third kappa shape index (κ3) is 18.1. The number of carbonyl (C=O) groups is 3. The third-order valence-electron chi connectivity index (χ3n) is 8.91. The largest absolute Gasteiger partial charge is 0.481 e. The lowest BCUT2D eigenvalue weighted by molar-refractivity contribution is -0.137. The number of anilines is 1. The summed E-state index contributed by atoms with van der Waals surface area (Å²) in [6.07, 6.45) is 5.20. The zero-order chi connectivity index (χ0) is 45.4. The van der Waals surface area contributed by atoms with E-state index in [1.165, 1.54) is 26.7 Å². The highest BCUT2D eigenvalue weighted by atomic mass is 32.2. The van der Waals surface area contributed by atoms with Crippen LogP contribution in [-0.4, -0.2) is 123 Å². The van der Waals surface area contributed by atoms with Gasteiger partial charge in [-0.05, 0) is 25.7 Å². The van der Waals surface area contributed by atoms with Crippen LogP contribution in [0.25, 0.3) is 11.2 Å². The van der Waals surface area contributed by atoms with Crippen molar-refractivity contribution >= 4 is 69.1 Å². The van der Waals surface area contributed by atoms with E-state index in [9.17, 15) is 57.9 Å². The lowest BCUT2D eigenvalue weighted by Crippen LogP contribution is -2.46. The number of allylic oxidation sites excluding steroid dienone is 2. The first-order valence-corrected chi connectivity index (χ1v) is 24.8. The average molecular weight is 948 g/mol. The molecule has 10 N–H and O–H groups in total. The van der Waals surface area contributed by atoms with E-state index >= 15 is 0 Å². The molecule has 0 bridgehead atoms. The van der Waals surface area contributed by atoms with Crippen molar-refractivity contribution < 1.29 is 80.5 Å². The van der Waals surface area contributed by atoms with E-state index in [0.717, 1.165) is 61.1 Å². The Morgan fingerprint density at radius 3 is 2.36 bits per heavy atom. The molecule has 0 aliphatic carbocycles. The first-order valence-electron chi connectivity index (χ1n) is 19.3. The van der Waals surface area contributed by atoms with E-state index in [-0.39, 0.29) is 41.6 Å². The van der Waals surface area contributed by atoms with Crippen LogP contribution in [-0.2, 0) is 50.7 Å². The summed E-state index contributed by atoms with van der Waals surface area (Å²) >= 11 is 1.13. The predicted molar refractivity (Wildman–Crippen MR) is 219 cm³/mol. The number of ether oxygens (including phenoxy) is 1. The number of thioether (sulfide) groups is 1. The Bertz CT molecular complexity index is 1940. The predicted octanol–water partition coefficient (Wildman–Crippen LogP) is 2.36. The molecule has 1 aliphatic rings. The smallest absolute Gasteiger partial charge is 0.386 e. The van der Waals surface area contributed by atoms with Gasteiger partial charge in [-0.25, -0.2) is 28.6 Å². The van der Waals surface area contributed by atoms with Crippen molar-refractivity contribution in [3.63, 3.8) is 0 Å². The van der Waals surface area contributed by atoms with E-state index in [0.29, 0.717) is 12.2 Å². The fraction of sp³-hybridized carbons (Fsp3) is 0.697. The van der Waals surface area contributed by atoms with Crippen LogP contribution in [0.3, 0.4) is 0 Å². The first kappa shape index (κ1) is 52.6. The molecule has 0 spiro atoms. The highest BCUT2D eigenvalue weighted by Crippen LogP contribution is 2.61. The molecular formula is C33H56N7O17P3S. The van der Waals surface area contributed by atoms with Crippen LogP contribution in [0.1, 0.15) is 84.8 Å². The molecule has 28 heteroatoms. The maximum Gasteiger partial charge on any atom is 0.481 e. The van der Waals surface area contributed by atoms with E-state index in [4.69, 9.17) is 19.5 Å². The molecule has 0 saturated carbocycles. The van der Waals surface area contributed by atoms with Crippen LogP contribution in [0.15, 0.2) is 24.8 Å². The number of phosphoric ester groups is 3. The van der Waals surface area contributed by atoms with Gasteiger partial charge < -0.3 is 50.9 Å². The van der Waals surface area contributed by atoms with Crippen molar-refractivity contribution in [3.05, 3.63) is 24.8 Å². The summed E-state index contributed by atoms with van der Waals surface area (Å²) in [5, 5.41) is 26.5. The quantitative estimate of drug-likeness (QED) is 0.0336. The number of fused-ring (bicyclic) bond motifs is 1. The highest BCUT2D eigenvalue weighted by molar-refractivity contribution is 8.13. The number of nitrogens with zero attached hydrogens (tertiary/aromatic N) is 4. The molecule has 7 atom stereocenters. The van der Waals surface area contributed by atoms with Crippen molar-refractivity contribution in [2.45, 2.75) is 109 Å². The van der Waals surface area contributed by atoms with Crippen molar-refractivity contribution in [3.8, 4) is 0 Å². The van der Waals surface area contributed by atoms with Gasteiger partial charge in [0.1, 0.15) is 36.3 Å². The molecule has 346 valence electrons. The third-order valence-corrected chi connectivity index (χ3v) is 12.9. The number of phosphoric acid groups is 3. The summed E-state index contributed by atoms with van der Waals surface area (Å²) in [5.74, 6) is -1.05. The summed E-state index contributed by atoms with van der Waals surface area (Å²) in [5.41, 5.74) is 4.28. The number of hydrogen-bond donors (Lipinski definition) is 9. The van der Waals surface area contributed by atoms with Gasteiger partial charge in [-0.15, -0.1) is 0 Å². The molecule has 61 heavy (non-hydrogen) atoms. The average Bonchev–Trinajstić information content (AvgIpc) is 3.73. The van der Waals surface area contributed by atoms with Gasteiger partial charge in [0, 0.05) is 37.1 Å². The minimum Gasteiger partial charge on any atom is -0.386 e. The van der Waals surface area contributed by atoms with E-state index in [2.05, 4.69) is 53.5 Å². The number of carbonyl (C=O) groups excluding carboxylic acids is 3. The Hall–Kier alpha value is -2.70. The normalized spacial score (nSPS) is 21.0. The van der Waals surface area contributed by atoms with Gasteiger partial charge in [0.25, 0.3) is 0 Å². The number of aliphatic hydroxyl groups is 2. The second kappa shape index (κ2) is 24.4. The van der Waals surface area contributed by atoms with Crippen molar-refractivity contribution in [2.24, 2.45) is 5.41 Å².